The molecular formula is C22H21N3O. The molecule has 1 aliphatic rings. The maximum Gasteiger partial charge on any atom is 0.261 e. The minimum Gasteiger partial charge on any atom is -0.290 e. The molecule has 0 saturated carbocycles. The highest BCUT2D eigenvalue weighted by Crippen LogP contribution is 2.27. The molecule has 2 aromatic heterocycles. The maximum atomic E-state index is 13.1. The molecule has 0 N–H and O–H groups in total. The zero-order chi connectivity index (χ0) is 18.1. The summed E-state index contributed by atoms with van der Waals surface area (Å²) in [6.45, 7) is 4.26. The summed E-state index contributed by atoms with van der Waals surface area (Å²) in [6, 6.07) is 11.3. The highest BCUT2D eigenvalue weighted by Gasteiger charge is 2.28. The van der Waals surface area contributed by atoms with Crippen molar-refractivity contribution >= 4 is 10.9 Å². The topological polar surface area (TPSA) is 47.8 Å². The van der Waals surface area contributed by atoms with Gasteiger partial charge in [-0.1, -0.05) is 18.4 Å². The van der Waals surface area contributed by atoms with Crippen LogP contribution in [0.15, 0.2) is 47.4 Å². The van der Waals surface area contributed by atoms with E-state index in [1.807, 2.05) is 41.0 Å². The molecule has 4 rings (SSSR count). The number of hydrogen-bond donors (Lipinski definition) is 0. The number of hydrogen-bond acceptors (Lipinski definition) is 3. The average molecular weight is 343 g/mol. The first-order valence-corrected chi connectivity index (χ1v) is 9.04. The Bertz CT molecular complexity index is 1090. The minimum atomic E-state index is -0.193. The summed E-state index contributed by atoms with van der Waals surface area (Å²) in [5, 5.41) is 0.659. The number of fused-ring (bicyclic) bond motifs is 2. The third kappa shape index (κ3) is 3.01. The summed E-state index contributed by atoms with van der Waals surface area (Å²) in [5.41, 5.74) is 2.16. The van der Waals surface area contributed by atoms with Crippen molar-refractivity contribution in [3.05, 3.63) is 70.0 Å². The van der Waals surface area contributed by atoms with Gasteiger partial charge >= 0.3 is 0 Å². The van der Waals surface area contributed by atoms with Gasteiger partial charge in [-0.2, -0.15) is 0 Å². The van der Waals surface area contributed by atoms with E-state index in [9.17, 15) is 4.79 Å². The SMILES string of the molecule is CC1(C)CCCCc2nc3cc(C#Cc4ccccn4)ccc3c(=O)n21. The van der Waals surface area contributed by atoms with Crippen LogP contribution in [-0.2, 0) is 12.0 Å². The summed E-state index contributed by atoms with van der Waals surface area (Å²) >= 11 is 0. The van der Waals surface area contributed by atoms with E-state index in [2.05, 4.69) is 30.7 Å². The van der Waals surface area contributed by atoms with Gasteiger partial charge in [0.2, 0.25) is 0 Å². The van der Waals surface area contributed by atoms with E-state index in [-0.39, 0.29) is 11.1 Å². The van der Waals surface area contributed by atoms with E-state index < -0.39 is 0 Å². The molecule has 0 bridgehead atoms. The van der Waals surface area contributed by atoms with E-state index >= 15 is 0 Å². The predicted molar refractivity (Wildman–Crippen MR) is 103 cm³/mol. The second-order valence-corrected chi connectivity index (χ2v) is 7.39. The third-order valence-electron chi connectivity index (χ3n) is 4.98. The van der Waals surface area contributed by atoms with E-state index in [0.717, 1.165) is 48.3 Å². The number of aryl methyl sites for hydroxylation is 1. The molecular weight excluding hydrogens is 322 g/mol. The molecule has 0 atom stereocenters. The van der Waals surface area contributed by atoms with Crippen LogP contribution in [0.3, 0.4) is 0 Å². The molecule has 4 nitrogen and oxygen atoms in total. The number of pyridine rings is 1. The number of nitrogens with zero attached hydrogens (tertiary/aromatic N) is 3. The maximum absolute atomic E-state index is 13.1. The fraction of sp³-hybridized carbons (Fsp3) is 0.318. The summed E-state index contributed by atoms with van der Waals surface area (Å²) in [6.07, 6.45) is 5.76. The Kier molecular flexibility index (Phi) is 4.08. The smallest absolute Gasteiger partial charge is 0.261 e. The van der Waals surface area contributed by atoms with Gasteiger partial charge in [-0.25, -0.2) is 9.97 Å². The average Bonchev–Trinajstić information content (AvgIpc) is 2.78. The number of aromatic nitrogens is 3. The van der Waals surface area contributed by atoms with Crippen molar-refractivity contribution in [1.29, 1.82) is 0 Å². The zero-order valence-electron chi connectivity index (χ0n) is 15.1. The first kappa shape index (κ1) is 16.5. The molecule has 3 heterocycles. The Balaban J connectivity index is 1.83. The van der Waals surface area contributed by atoms with Crippen LogP contribution >= 0.6 is 0 Å². The Morgan fingerprint density at radius 3 is 2.81 bits per heavy atom. The molecule has 0 amide bonds. The van der Waals surface area contributed by atoms with E-state index in [4.69, 9.17) is 4.98 Å². The molecule has 130 valence electrons. The molecule has 0 unspecified atom stereocenters. The lowest BCUT2D eigenvalue weighted by molar-refractivity contribution is 0.315. The zero-order valence-corrected chi connectivity index (χ0v) is 15.1. The normalized spacial score (nSPS) is 15.6. The van der Waals surface area contributed by atoms with Gasteiger partial charge in [0.1, 0.15) is 11.5 Å². The molecule has 0 fully saturated rings. The van der Waals surface area contributed by atoms with Gasteiger partial charge in [-0.15, -0.1) is 0 Å². The van der Waals surface area contributed by atoms with Crippen molar-refractivity contribution in [2.24, 2.45) is 0 Å². The lowest BCUT2D eigenvalue weighted by atomic mass is 9.98. The first-order valence-electron chi connectivity index (χ1n) is 9.04. The minimum absolute atomic E-state index is 0.0566. The van der Waals surface area contributed by atoms with Crippen LogP contribution < -0.4 is 5.56 Å². The monoisotopic (exact) mass is 343 g/mol. The highest BCUT2D eigenvalue weighted by atomic mass is 16.1. The van der Waals surface area contributed by atoms with Crippen LogP contribution in [0.2, 0.25) is 0 Å². The van der Waals surface area contributed by atoms with Crippen LogP contribution in [-0.4, -0.2) is 14.5 Å². The van der Waals surface area contributed by atoms with Gasteiger partial charge in [0.25, 0.3) is 5.56 Å². The van der Waals surface area contributed by atoms with E-state index in [1.165, 1.54) is 0 Å². The van der Waals surface area contributed by atoms with Gasteiger partial charge < -0.3 is 0 Å². The van der Waals surface area contributed by atoms with Crippen molar-refractivity contribution < 1.29 is 0 Å². The molecule has 4 heteroatoms. The summed E-state index contributed by atoms with van der Waals surface area (Å²) < 4.78 is 1.90. The Labute approximate surface area is 152 Å². The van der Waals surface area contributed by atoms with Crippen molar-refractivity contribution in [1.82, 2.24) is 14.5 Å². The molecule has 0 aliphatic carbocycles. The van der Waals surface area contributed by atoms with Crippen LogP contribution in [0.4, 0.5) is 0 Å². The molecule has 1 aliphatic heterocycles. The molecule has 26 heavy (non-hydrogen) atoms. The second kappa shape index (κ2) is 6.42. The van der Waals surface area contributed by atoms with Crippen LogP contribution in [0, 0.1) is 11.8 Å². The highest BCUT2D eigenvalue weighted by molar-refractivity contribution is 5.79. The van der Waals surface area contributed by atoms with Crippen LogP contribution in [0.5, 0.6) is 0 Å². The van der Waals surface area contributed by atoms with Crippen LogP contribution in [0.25, 0.3) is 10.9 Å². The van der Waals surface area contributed by atoms with Gasteiger partial charge in [-0.3, -0.25) is 9.36 Å². The number of benzene rings is 1. The van der Waals surface area contributed by atoms with Crippen molar-refractivity contribution in [2.75, 3.05) is 0 Å². The van der Waals surface area contributed by atoms with Crippen molar-refractivity contribution in [3.8, 4) is 11.8 Å². The van der Waals surface area contributed by atoms with Crippen molar-refractivity contribution in [3.63, 3.8) is 0 Å². The Hall–Kier alpha value is -2.93. The van der Waals surface area contributed by atoms with Gasteiger partial charge in [0, 0.05) is 23.7 Å². The fourth-order valence-corrected chi connectivity index (χ4v) is 3.63. The van der Waals surface area contributed by atoms with Crippen LogP contribution in [0.1, 0.15) is 50.2 Å². The molecule has 0 radical (unpaired) electrons. The lowest BCUT2D eigenvalue weighted by Crippen LogP contribution is -2.38. The Morgan fingerprint density at radius 2 is 2.00 bits per heavy atom. The molecule has 0 spiro atoms. The lowest BCUT2D eigenvalue weighted by Gasteiger charge is -2.28. The third-order valence-corrected chi connectivity index (χ3v) is 4.98. The predicted octanol–water partition coefficient (Wildman–Crippen LogP) is 3.65. The van der Waals surface area contributed by atoms with Gasteiger partial charge in [0.05, 0.1) is 10.9 Å². The largest absolute Gasteiger partial charge is 0.290 e. The van der Waals surface area contributed by atoms with E-state index in [1.54, 1.807) is 6.20 Å². The standard InChI is InChI=1S/C22H21N3O/c1-22(2)13-5-3-8-20-24-19-15-16(9-11-17-7-4-6-14-23-17)10-12-18(19)21(26)25(20)22/h4,6-7,10,12,14-15H,3,5,8,13H2,1-2H3. The fourth-order valence-electron chi connectivity index (χ4n) is 3.63. The van der Waals surface area contributed by atoms with Crippen molar-refractivity contribution in [2.45, 2.75) is 45.1 Å². The Morgan fingerprint density at radius 1 is 1.12 bits per heavy atom. The van der Waals surface area contributed by atoms with E-state index in [0.29, 0.717) is 5.39 Å². The summed E-state index contributed by atoms with van der Waals surface area (Å²) in [5.74, 6) is 7.06. The van der Waals surface area contributed by atoms with Gasteiger partial charge in [0.15, 0.2) is 0 Å². The summed E-state index contributed by atoms with van der Waals surface area (Å²) in [4.78, 5) is 22.1. The van der Waals surface area contributed by atoms with Gasteiger partial charge in [-0.05, 0) is 62.9 Å². The molecule has 0 saturated heterocycles. The summed E-state index contributed by atoms with van der Waals surface area (Å²) in [7, 11) is 0. The quantitative estimate of drug-likeness (QED) is 0.585. The first-order chi connectivity index (χ1) is 12.5. The molecule has 1 aromatic carbocycles. The molecule has 3 aromatic rings. The number of rotatable bonds is 0. The second-order valence-electron chi connectivity index (χ2n) is 7.39.